The Kier molecular flexibility index (Phi) is 12.9. The van der Waals surface area contributed by atoms with Crippen molar-refractivity contribution in [1.82, 2.24) is 9.80 Å². The standard InChI is InChI=1S/C18H38N2O2/c1-5-9-13-19(14-10-6-2)17(21)18(22)20(15-11-7-3)16-12-8-4/h21-22H,5-16H2,1-4H3/p-1. The Labute approximate surface area is 137 Å². The fourth-order valence-corrected chi connectivity index (χ4v) is 2.31. The third kappa shape index (κ3) is 8.40. The van der Waals surface area contributed by atoms with Gasteiger partial charge in [-0.05, 0) is 25.7 Å². The van der Waals surface area contributed by atoms with E-state index in [0.29, 0.717) is 0 Å². The van der Waals surface area contributed by atoms with E-state index in [-0.39, 0.29) is 11.8 Å². The highest BCUT2D eigenvalue weighted by atomic mass is 16.3. The highest BCUT2D eigenvalue weighted by Crippen LogP contribution is 2.13. The number of nitrogens with zero attached hydrogens (tertiary/aromatic N) is 2. The molecule has 0 saturated carbocycles. The average Bonchev–Trinajstić information content (AvgIpc) is 2.54. The Morgan fingerprint density at radius 2 is 1.00 bits per heavy atom. The zero-order valence-corrected chi connectivity index (χ0v) is 15.2. The number of unbranched alkanes of at least 4 members (excludes halogenated alkanes) is 4. The van der Waals surface area contributed by atoms with Crippen molar-refractivity contribution < 1.29 is 10.2 Å². The maximum Gasteiger partial charge on any atom is 0.195 e. The molecule has 0 aliphatic heterocycles. The maximum absolute atomic E-state index is 12.6. The molecule has 0 saturated heterocycles. The minimum Gasteiger partial charge on any atom is -0.857 e. The highest BCUT2D eigenvalue weighted by molar-refractivity contribution is 4.97. The predicted octanol–water partition coefficient (Wildman–Crippen LogP) is 3.84. The van der Waals surface area contributed by atoms with Gasteiger partial charge in [0.15, 0.2) is 5.88 Å². The van der Waals surface area contributed by atoms with Gasteiger partial charge in [-0.15, -0.1) is 0 Å². The molecule has 0 aromatic rings. The molecule has 0 aromatic carbocycles. The molecule has 0 spiro atoms. The molecule has 0 aliphatic carbocycles. The van der Waals surface area contributed by atoms with E-state index in [0.717, 1.165) is 77.5 Å². The molecule has 22 heavy (non-hydrogen) atoms. The van der Waals surface area contributed by atoms with Crippen LogP contribution in [-0.2, 0) is 0 Å². The molecule has 1 N–H and O–H groups in total. The van der Waals surface area contributed by atoms with Gasteiger partial charge in [0.05, 0.1) is 0 Å². The maximum atomic E-state index is 12.6. The predicted molar refractivity (Wildman–Crippen MR) is 92.4 cm³/mol. The van der Waals surface area contributed by atoms with Crippen molar-refractivity contribution >= 4 is 0 Å². The van der Waals surface area contributed by atoms with Gasteiger partial charge in [0.2, 0.25) is 0 Å². The second-order valence-electron chi connectivity index (χ2n) is 6.02. The lowest BCUT2D eigenvalue weighted by Crippen LogP contribution is -2.38. The Balaban J connectivity index is 4.97. The fraction of sp³-hybridized carbons (Fsp3) is 0.889. The van der Waals surface area contributed by atoms with Crippen LogP contribution in [0.15, 0.2) is 11.8 Å². The minimum absolute atomic E-state index is 0.0471. The lowest BCUT2D eigenvalue weighted by molar-refractivity contribution is -0.340. The van der Waals surface area contributed by atoms with E-state index >= 15 is 0 Å². The van der Waals surface area contributed by atoms with Crippen molar-refractivity contribution in [2.24, 2.45) is 0 Å². The van der Waals surface area contributed by atoms with E-state index in [1.807, 2.05) is 9.80 Å². The number of aliphatic hydroxyl groups is 1. The number of hydrogen-bond donors (Lipinski definition) is 1. The van der Waals surface area contributed by atoms with Gasteiger partial charge < -0.3 is 20.0 Å². The smallest absolute Gasteiger partial charge is 0.195 e. The molecule has 4 nitrogen and oxygen atoms in total. The van der Waals surface area contributed by atoms with E-state index in [1.165, 1.54) is 0 Å². The van der Waals surface area contributed by atoms with Gasteiger partial charge in [-0.1, -0.05) is 53.4 Å². The lowest BCUT2D eigenvalue weighted by atomic mass is 10.2. The summed E-state index contributed by atoms with van der Waals surface area (Å²) in [7, 11) is 0. The second kappa shape index (κ2) is 13.6. The summed E-state index contributed by atoms with van der Waals surface area (Å²) in [6, 6.07) is 0. The third-order valence-corrected chi connectivity index (χ3v) is 3.90. The van der Waals surface area contributed by atoms with Crippen LogP contribution >= 0.6 is 0 Å². The number of rotatable bonds is 14. The SMILES string of the molecule is CCCCN(CCCC)C([O-])=C(O)N(CCCC)CCCC. The van der Waals surface area contributed by atoms with Crippen molar-refractivity contribution in [3.63, 3.8) is 0 Å². The Bertz CT molecular complexity index is 249. The van der Waals surface area contributed by atoms with Gasteiger partial charge >= 0.3 is 0 Å². The van der Waals surface area contributed by atoms with E-state index < -0.39 is 0 Å². The first kappa shape index (κ1) is 20.9. The van der Waals surface area contributed by atoms with Gasteiger partial charge in [0.1, 0.15) is 0 Å². The van der Waals surface area contributed by atoms with Crippen LogP contribution in [0.1, 0.15) is 79.1 Å². The van der Waals surface area contributed by atoms with E-state index in [1.54, 1.807) is 0 Å². The summed E-state index contributed by atoms with van der Waals surface area (Å²) in [6.45, 7) is 11.5. The zero-order valence-electron chi connectivity index (χ0n) is 15.2. The van der Waals surface area contributed by atoms with E-state index in [2.05, 4.69) is 27.7 Å². The molecular weight excluding hydrogens is 276 g/mol. The van der Waals surface area contributed by atoms with Crippen molar-refractivity contribution in [1.29, 1.82) is 0 Å². The summed E-state index contributed by atoms with van der Waals surface area (Å²) in [5.41, 5.74) is 0. The normalized spacial score (nSPS) is 12.2. The van der Waals surface area contributed by atoms with Crippen molar-refractivity contribution in [3.8, 4) is 0 Å². The first-order valence-electron chi connectivity index (χ1n) is 9.22. The van der Waals surface area contributed by atoms with Crippen LogP contribution in [0.25, 0.3) is 0 Å². The summed E-state index contributed by atoms with van der Waals surface area (Å²) in [4.78, 5) is 3.70. The van der Waals surface area contributed by atoms with Crippen molar-refractivity contribution in [2.45, 2.75) is 79.1 Å². The van der Waals surface area contributed by atoms with Gasteiger partial charge in [-0.25, -0.2) is 0 Å². The molecule has 4 heteroatoms. The Morgan fingerprint density at radius 3 is 1.32 bits per heavy atom. The van der Waals surface area contributed by atoms with Gasteiger partial charge in [-0.3, -0.25) is 0 Å². The fourth-order valence-electron chi connectivity index (χ4n) is 2.31. The monoisotopic (exact) mass is 313 g/mol. The van der Waals surface area contributed by atoms with Gasteiger partial charge in [0, 0.05) is 32.1 Å². The molecule has 0 aromatic heterocycles. The number of hydrogen-bond acceptors (Lipinski definition) is 4. The average molecular weight is 314 g/mol. The van der Waals surface area contributed by atoms with Crippen LogP contribution in [0, 0.1) is 0 Å². The molecule has 0 fully saturated rings. The third-order valence-electron chi connectivity index (χ3n) is 3.90. The molecule has 132 valence electrons. The molecule has 0 amide bonds. The lowest BCUT2D eigenvalue weighted by Gasteiger charge is -2.35. The van der Waals surface area contributed by atoms with Crippen LogP contribution in [0.4, 0.5) is 0 Å². The summed E-state index contributed by atoms with van der Waals surface area (Å²) < 4.78 is 0. The summed E-state index contributed by atoms with van der Waals surface area (Å²) in [5, 5.41) is 23.1. The Hall–Kier alpha value is -1.06. The molecule has 0 radical (unpaired) electrons. The molecule has 0 rings (SSSR count). The molecular formula is C18H37N2O2-. The quantitative estimate of drug-likeness (QED) is 0.495. The summed E-state index contributed by atoms with van der Waals surface area (Å²) in [5.74, 6) is -0.233. The molecule has 0 aliphatic rings. The first-order chi connectivity index (χ1) is 10.6. The van der Waals surface area contributed by atoms with Crippen molar-refractivity contribution in [2.75, 3.05) is 26.2 Å². The first-order valence-corrected chi connectivity index (χ1v) is 9.22. The summed E-state index contributed by atoms with van der Waals surface area (Å²) >= 11 is 0. The van der Waals surface area contributed by atoms with Crippen LogP contribution in [0.5, 0.6) is 0 Å². The zero-order chi connectivity index (χ0) is 16.8. The second-order valence-corrected chi connectivity index (χ2v) is 6.02. The van der Waals surface area contributed by atoms with E-state index in [4.69, 9.17) is 0 Å². The molecule has 0 atom stereocenters. The molecule has 0 unspecified atom stereocenters. The van der Waals surface area contributed by atoms with Gasteiger partial charge in [-0.2, -0.15) is 0 Å². The van der Waals surface area contributed by atoms with Crippen LogP contribution < -0.4 is 5.11 Å². The Morgan fingerprint density at radius 1 is 0.682 bits per heavy atom. The van der Waals surface area contributed by atoms with Crippen LogP contribution in [0.2, 0.25) is 0 Å². The molecule has 0 heterocycles. The topological polar surface area (TPSA) is 49.8 Å². The van der Waals surface area contributed by atoms with Crippen LogP contribution in [-0.4, -0.2) is 41.1 Å². The number of aliphatic hydroxyl groups excluding tert-OH is 1. The van der Waals surface area contributed by atoms with Crippen molar-refractivity contribution in [3.05, 3.63) is 11.8 Å². The van der Waals surface area contributed by atoms with Gasteiger partial charge in [0.25, 0.3) is 0 Å². The molecule has 0 bridgehead atoms. The summed E-state index contributed by atoms with van der Waals surface area (Å²) in [6.07, 6.45) is 8.26. The van der Waals surface area contributed by atoms with E-state index in [9.17, 15) is 10.2 Å². The van der Waals surface area contributed by atoms with Crippen LogP contribution in [0.3, 0.4) is 0 Å². The largest absolute Gasteiger partial charge is 0.857 e. The minimum atomic E-state index is -0.186. The highest BCUT2D eigenvalue weighted by Gasteiger charge is 2.12.